The highest BCUT2D eigenvalue weighted by Crippen LogP contribution is 2.18. The first-order chi connectivity index (χ1) is 7.16. The van der Waals surface area contributed by atoms with Crippen molar-refractivity contribution in [3.8, 4) is 0 Å². The van der Waals surface area contributed by atoms with E-state index in [1.807, 2.05) is 0 Å². The van der Waals surface area contributed by atoms with Crippen molar-refractivity contribution in [3.63, 3.8) is 0 Å². The molecule has 0 atom stereocenters. The van der Waals surface area contributed by atoms with Gasteiger partial charge in [0.1, 0.15) is 0 Å². The Morgan fingerprint density at radius 1 is 1.13 bits per heavy atom. The fraction of sp³-hybridized carbons (Fsp3) is 1.00. The average Bonchev–Trinajstić information content (AvgIpc) is 2.13. The second-order valence-corrected chi connectivity index (χ2v) is 6.56. The van der Waals surface area contributed by atoms with Gasteiger partial charge in [-0.1, -0.05) is 19.3 Å². The Bertz CT molecular complexity index is 293. The van der Waals surface area contributed by atoms with E-state index in [2.05, 4.69) is 10.0 Å². The summed E-state index contributed by atoms with van der Waals surface area (Å²) in [6, 6.07) is 0.205. The van der Waals surface area contributed by atoms with Gasteiger partial charge in [0.25, 0.3) is 0 Å². The van der Waals surface area contributed by atoms with Crippen molar-refractivity contribution in [2.75, 3.05) is 18.8 Å². The number of hydrogen-bond acceptors (Lipinski definition) is 3. The van der Waals surface area contributed by atoms with Gasteiger partial charge in [-0.3, -0.25) is 0 Å². The van der Waals surface area contributed by atoms with E-state index in [4.69, 9.17) is 0 Å². The Hall–Kier alpha value is -0.130. The summed E-state index contributed by atoms with van der Waals surface area (Å²) in [5.41, 5.74) is 0. The first-order valence-electron chi connectivity index (χ1n) is 5.86. The van der Waals surface area contributed by atoms with Crippen LogP contribution in [-0.2, 0) is 10.0 Å². The van der Waals surface area contributed by atoms with Crippen LogP contribution in [0.1, 0.15) is 32.1 Å². The molecule has 0 aromatic rings. The van der Waals surface area contributed by atoms with E-state index in [9.17, 15) is 8.42 Å². The maximum absolute atomic E-state index is 11.8. The van der Waals surface area contributed by atoms with Crippen LogP contribution in [0.25, 0.3) is 0 Å². The van der Waals surface area contributed by atoms with Crippen molar-refractivity contribution in [3.05, 3.63) is 0 Å². The lowest BCUT2D eigenvalue weighted by Gasteiger charge is -2.28. The summed E-state index contributed by atoms with van der Waals surface area (Å²) in [7, 11) is -3.03. The molecular weight excluding hydrogens is 212 g/mol. The van der Waals surface area contributed by atoms with Crippen LogP contribution in [0.4, 0.5) is 0 Å². The predicted octanol–water partition coefficient (Wildman–Crippen LogP) is 0.458. The van der Waals surface area contributed by atoms with E-state index >= 15 is 0 Å². The Balaban J connectivity index is 1.80. The highest BCUT2D eigenvalue weighted by atomic mass is 32.2. The van der Waals surface area contributed by atoms with E-state index in [-0.39, 0.29) is 6.04 Å². The van der Waals surface area contributed by atoms with Gasteiger partial charge in [-0.25, -0.2) is 13.1 Å². The summed E-state index contributed by atoms with van der Waals surface area (Å²) in [5, 5.41) is 3.10. The predicted molar refractivity (Wildman–Crippen MR) is 60.2 cm³/mol. The van der Waals surface area contributed by atoms with E-state index in [1.54, 1.807) is 0 Å². The topological polar surface area (TPSA) is 58.2 Å². The molecule has 2 rings (SSSR count). The molecule has 88 valence electrons. The monoisotopic (exact) mass is 232 g/mol. The number of nitrogens with one attached hydrogen (secondary N) is 2. The Kier molecular flexibility index (Phi) is 3.64. The molecule has 1 heterocycles. The van der Waals surface area contributed by atoms with Gasteiger partial charge in [-0.2, -0.15) is 0 Å². The van der Waals surface area contributed by atoms with E-state index in [0.29, 0.717) is 11.7 Å². The number of rotatable bonds is 4. The van der Waals surface area contributed by atoms with Crippen LogP contribution < -0.4 is 10.0 Å². The second-order valence-electron chi connectivity index (χ2n) is 4.76. The van der Waals surface area contributed by atoms with Crippen LogP contribution in [0.5, 0.6) is 0 Å². The molecule has 2 fully saturated rings. The summed E-state index contributed by atoms with van der Waals surface area (Å²) in [6.07, 6.45) is 5.62. The molecular formula is C10H20N2O2S. The fourth-order valence-corrected chi connectivity index (χ4v) is 4.00. The van der Waals surface area contributed by atoms with Gasteiger partial charge in [0, 0.05) is 19.1 Å². The first-order valence-corrected chi connectivity index (χ1v) is 7.52. The maximum Gasteiger partial charge on any atom is 0.212 e. The largest absolute Gasteiger partial charge is 0.316 e. The van der Waals surface area contributed by atoms with Gasteiger partial charge in [0.2, 0.25) is 10.0 Å². The van der Waals surface area contributed by atoms with E-state index in [0.717, 1.165) is 38.8 Å². The SMILES string of the molecule is O=S(=O)(CC1CNC1)NC1CCCCC1. The molecule has 0 amide bonds. The third-order valence-electron chi connectivity index (χ3n) is 3.27. The molecule has 2 aliphatic rings. The van der Waals surface area contributed by atoms with Crippen molar-refractivity contribution in [1.82, 2.24) is 10.0 Å². The van der Waals surface area contributed by atoms with Crippen LogP contribution in [0.2, 0.25) is 0 Å². The normalized spacial score (nSPS) is 25.1. The minimum atomic E-state index is -3.03. The van der Waals surface area contributed by atoms with Gasteiger partial charge in [0.05, 0.1) is 5.75 Å². The van der Waals surface area contributed by atoms with E-state index in [1.165, 1.54) is 6.42 Å². The standard InChI is InChI=1S/C10H20N2O2S/c13-15(14,8-9-6-11-7-9)12-10-4-2-1-3-5-10/h9-12H,1-8H2. The molecule has 1 saturated carbocycles. The van der Waals surface area contributed by atoms with Gasteiger partial charge in [-0.05, 0) is 18.8 Å². The lowest BCUT2D eigenvalue weighted by molar-refractivity contribution is 0.371. The summed E-state index contributed by atoms with van der Waals surface area (Å²) >= 11 is 0. The van der Waals surface area contributed by atoms with Crippen molar-refractivity contribution < 1.29 is 8.42 Å². The summed E-state index contributed by atoms with van der Waals surface area (Å²) in [6.45, 7) is 1.71. The van der Waals surface area contributed by atoms with Crippen LogP contribution in [-0.4, -0.2) is 33.3 Å². The minimum Gasteiger partial charge on any atom is -0.316 e. The van der Waals surface area contributed by atoms with Gasteiger partial charge < -0.3 is 5.32 Å². The third kappa shape index (κ3) is 3.43. The molecule has 0 radical (unpaired) electrons. The first kappa shape index (κ1) is 11.4. The van der Waals surface area contributed by atoms with Gasteiger partial charge >= 0.3 is 0 Å². The number of sulfonamides is 1. The zero-order valence-corrected chi connectivity index (χ0v) is 9.85. The molecule has 0 bridgehead atoms. The molecule has 2 N–H and O–H groups in total. The van der Waals surface area contributed by atoms with Crippen molar-refractivity contribution in [2.45, 2.75) is 38.1 Å². The second kappa shape index (κ2) is 4.80. The summed E-state index contributed by atoms with van der Waals surface area (Å²) in [5.74, 6) is 0.627. The van der Waals surface area contributed by atoms with Crippen LogP contribution in [0.3, 0.4) is 0 Å². The Morgan fingerprint density at radius 2 is 1.80 bits per heavy atom. The summed E-state index contributed by atoms with van der Waals surface area (Å²) < 4.78 is 26.4. The maximum atomic E-state index is 11.8. The lowest BCUT2D eigenvalue weighted by atomic mass is 9.96. The quantitative estimate of drug-likeness (QED) is 0.740. The Labute approximate surface area is 91.9 Å². The summed E-state index contributed by atoms with van der Waals surface area (Å²) in [4.78, 5) is 0. The molecule has 0 aromatic carbocycles. The van der Waals surface area contributed by atoms with Crippen LogP contribution >= 0.6 is 0 Å². The van der Waals surface area contributed by atoms with Crippen LogP contribution in [0.15, 0.2) is 0 Å². The molecule has 1 aliphatic heterocycles. The van der Waals surface area contributed by atoms with Gasteiger partial charge in [0.15, 0.2) is 0 Å². The zero-order valence-electron chi connectivity index (χ0n) is 9.04. The smallest absolute Gasteiger partial charge is 0.212 e. The average molecular weight is 232 g/mol. The Morgan fingerprint density at radius 3 is 2.33 bits per heavy atom. The molecule has 0 unspecified atom stereocenters. The van der Waals surface area contributed by atoms with Crippen molar-refractivity contribution in [1.29, 1.82) is 0 Å². The van der Waals surface area contributed by atoms with E-state index < -0.39 is 10.0 Å². The molecule has 0 spiro atoms. The van der Waals surface area contributed by atoms with Crippen molar-refractivity contribution in [2.24, 2.45) is 5.92 Å². The molecule has 1 saturated heterocycles. The molecule has 1 aliphatic carbocycles. The lowest BCUT2D eigenvalue weighted by Crippen LogP contribution is -2.48. The zero-order chi connectivity index (χ0) is 10.7. The molecule has 0 aromatic heterocycles. The third-order valence-corrected chi connectivity index (χ3v) is 4.88. The molecule has 15 heavy (non-hydrogen) atoms. The highest BCUT2D eigenvalue weighted by Gasteiger charge is 2.26. The molecule has 4 nitrogen and oxygen atoms in total. The minimum absolute atomic E-state index is 0.205. The highest BCUT2D eigenvalue weighted by molar-refractivity contribution is 7.89. The fourth-order valence-electron chi connectivity index (χ4n) is 2.30. The van der Waals surface area contributed by atoms with Crippen LogP contribution in [0, 0.1) is 5.92 Å². The molecule has 5 heteroatoms. The van der Waals surface area contributed by atoms with Gasteiger partial charge in [-0.15, -0.1) is 0 Å². The van der Waals surface area contributed by atoms with Crippen molar-refractivity contribution >= 4 is 10.0 Å². The number of hydrogen-bond donors (Lipinski definition) is 2.